The number of benzene rings is 1. The second kappa shape index (κ2) is 3.99. The van der Waals surface area contributed by atoms with Gasteiger partial charge in [-0.2, -0.15) is 0 Å². The molecule has 3 heteroatoms. The zero-order chi connectivity index (χ0) is 8.27. The van der Waals surface area contributed by atoms with Crippen LogP contribution in [0.3, 0.4) is 0 Å². The average molecular weight is 268 g/mol. The Bertz CT molecular complexity index is 248. The second-order valence-electron chi connectivity index (χ2n) is 2.14. The summed E-state index contributed by atoms with van der Waals surface area (Å²) < 4.78 is 25.2. The van der Waals surface area contributed by atoms with Crippen LogP contribution >= 0.6 is 22.6 Å². The lowest BCUT2D eigenvalue weighted by atomic mass is 10.1. The Balaban J connectivity index is 3.13. The highest BCUT2D eigenvalue weighted by Gasteiger charge is 2.04. The number of alkyl halides is 2. The third-order valence-electron chi connectivity index (χ3n) is 1.49. The molecule has 60 valence electrons. The number of rotatable bonds is 2. The first kappa shape index (κ1) is 8.90. The Labute approximate surface area is 77.8 Å². The summed E-state index contributed by atoms with van der Waals surface area (Å²) in [5, 5.41) is 0. The lowest BCUT2D eigenvalue weighted by Crippen LogP contribution is -1.92. The smallest absolute Gasteiger partial charge is 0.116 e. The van der Waals surface area contributed by atoms with Crippen molar-refractivity contribution in [1.82, 2.24) is 0 Å². The minimum atomic E-state index is -0.587. The number of halogens is 3. The van der Waals surface area contributed by atoms with Crippen molar-refractivity contribution in [3.05, 3.63) is 32.9 Å². The van der Waals surface area contributed by atoms with Gasteiger partial charge in [0, 0.05) is 9.13 Å². The first-order valence-electron chi connectivity index (χ1n) is 3.17. The number of hydrogen-bond acceptors (Lipinski definition) is 0. The van der Waals surface area contributed by atoms with Crippen LogP contribution in [0.1, 0.15) is 11.1 Å². The van der Waals surface area contributed by atoms with E-state index in [1.165, 1.54) is 0 Å². The molecule has 0 fully saturated rings. The van der Waals surface area contributed by atoms with Crippen molar-refractivity contribution in [3.63, 3.8) is 0 Å². The minimum Gasteiger partial charge on any atom is -0.246 e. The fourth-order valence-corrected chi connectivity index (χ4v) is 1.58. The van der Waals surface area contributed by atoms with Gasteiger partial charge in [0.15, 0.2) is 0 Å². The van der Waals surface area contributed by atoms with Crippen LogP contribution in [-0.4, -0.2) is 0 Å². The van der Waals surface area contributed by atoms with Gasteiger partial charge in [0.1, 0.15) is 13.3 Å². The first-order valence-corrected chi connectivity index (χ1v) is 4.25. The fourth-order valence-electron chi connectivity index (χ4n) is 0.878. The van der Waals surface area contributed by atoms with Crippen LogP contribution < -0.4 is 0 Å². The SMILES string of the molecule is FCc1cccc(I)c1CF. The Morgan fingerprint density at radius 2 is 1.91 bits per heavy atom. The van der Waals surface area contributed by atoms with E-state index in [4.69, 9.17) is 0 Å². The zero-order valence-corrected chi connectivity index (χ0v) is 7.94. The van der Waals surface area contributed by atoms with E-state index in [1.807, 2.05) is 22.6 Å². The summed E-state index contributed by atoms with van der Waals surface area (Å²) in [7, 11) is 0. The Morgan fingerprint density at radius 3 is 2.36 bits per heavy atom. The standard InChI is InChI=1S/C8H7F2I/c9-4-6-2-1-3-8(11)7(6)5-10/h1-3H,4-5H2. The molecule has 0 nitrogen and oxygen atoms in total. The van der Waals surface area contributed by atoms with Gasteiger partial charge in [-0.3, -0.25) is 0 Å². The van der Waals surface area contributed by atoms with Crippen LogP contribution in [0.4, 0.5) is 8.78 Å². The summed E-state index contributed by atoms with van der Waals surface area (Å²) in [6.45, 7) is -1.17. The minimum absolute atomic E-state index is 0.458. The lowest BCUT2D eigenvalue weighted by molar-refractivity contribution is 0.453. The molecule has 0 heterocycles. The van der Waals surface area contributed by atoms with E-state index in [0.717, 1.165) is 3.57 Å². The third-order valence-corrected chi connectivity index (χ3v) is 2.50. The topological polar surface area (TPSA) is 0 Å². The van der Waals surface area contributed by atoms with Gasteiger partial charge in [0.25, 0.3) is 0 Å². The van der Waals surface area contributed by atoms with Gasteiger partial charge in [-0.15, -0.1) is 0 Å². The Hall–Kier alpha value is -0.190. The molecule has 0 atom stereocenters. The van der Waals surface area contributed by atoms with Crippen LogP contribution in [-0.2, 0) is 13.3 Å². The molecular formula is C8H7F2I. The van der Waals surface area contributed by atoms with Crippen molar-refractivity contribution < 1.29 is 8.78 Å². The summed E-state index contributed by atoms with van der Waals surface area (Å²) in [6.07, 6.45) is 0. The quantitative estimate of drug-likeness (QED) is 0.722. The highest BCUT2D eigenvalue weighted by atomic mass is 127. The second-order valence-corrected chi connectivity index (χ2v) is 3.31. The summed E-state index contributed by atoms with van der Waals surface area (Å²) in [4.78, 5) is 0. The predicted molar refractivity (Wildman–Crippen MR) is 48.8 cm³/mol. The highest BCUT2D eigenvalue weighted by Crippen LogP contribution is 2.18. The maximum Gasteiger partial charge on any atom is 0.116 e. The van der Waals surface area contributed by atoms with Crippen molar-refractivity contribution in [1.29, 1.82) is 0 Å². The van der Waals surface area contributed by atoms with E-state index >= 15 is 0 Å². The van der Waals surface area contributed by atoms with Crippen LogP contribution in [0.2, 0.25) is 0 Å². The molecular weight excluding hydrogens is 261 g/mol. The molecule has 0 saturated heterocycles. The molecule has 0 spiro atoms. The van der Waals surface area contributed by atoms with Gasteiger partial charge in [-0.1, -0.05) is 12.1 Å². The maximum absolute atomic E-state index is 12.3. The van der Waals surface area contributed by atoms with Crippen molar-refractivity contribution >= 4 is 22.6 Å². The molecule has 0 aliphatic carbocycles. The van der Waals surface area contributed by atoms with Crippen molar-refractivity contribution in [3.8, 4) is 0 Å². The zero-order valence-electron chi connectivity index (χ0n) is 5.78. The summed E-state index contributed by atoms with van der Waals surface area (Å²) in [5.41, 5.74) is 0.940. The molecule has 0 aliphatic rings. The average Bonchev–Trinajstić information content (AvgIpc) is 2.04. The van der Waals surface area contributed by atoms with Crippen LogP contribution in [0, 0.1) is 3.57 Å². The Morgan fingerprint density at radius 1 is 1.18 bits per heavy atom. The highest BCUT2D eigenvalue weighted by molar-refractivity contribution is 14.1. The van der Waals surface area contributed by atoms with E-state index in [2.05, 4.69) is 0 Å². The van der Waals surface area contributed by atoms with E-state index in [-0.39, 0.29) is 0 Å². The van der Waals surface area contributed by atoms with Crippen LogP contribution in [0.5, 0.6) is 0 Å². The lowest BCUT2D eigenvalue weighted by Gasteiger charge is -2.03. The molecule has 0 bridgehead atoms. The van der Waals surface area contributed by atoms with E-state index < -0.39 is 13.3 Å². The molecule has 0 radical (unpaired) electrons. The molecule has 1 aromatic carbocycles. The molecule has 11 heavy (non-hydrogen) atoms. The van der Waals surface area contributed by atoms with Gasteiger partial charge in [0.2, 0.25) is 0 Å². The summed E-state index contributed by atoms with van der Waals surface area (Å²) in [6, 6.07) is 5.11. The van der Waals surface area contributed by atoms with E-state index in [9.17, 15) is 8.78 Å². The molecule has 0 saturated carbocycles. The monoisotopic (exact) mass is 268 g/mol. The molecule has 1 rings (SSSR count). The number of hydrogen-bond donors (Lipinski definition) is 0. The fraction of sp³-hybridized carbons (Fsp3) is 0.250. The summed E-state index contributed by atoms with van der Waals surface area (Å²) in [5.74, 6) is 0. The van der Waals surface area contributed by atoms with Crippen LogP contribution in [0.15, 0.2) is 18.2 Å². The molecule has 0 aromatic heterocycles. The largest absolute Gasteiger partial charge is 0.246 e. The van der Waals surface area contributed by atoms with Gasteiger partial charge in [0.05, 0.1) is 0 Å². The predicted octanol–water partition coefficient (Wildman–Crippen LogP) is 3.23. The maximum atomic E-state index is 12.3. The van der Waals surface area contributed by atoms with Gasteiger partial charge >= 0.3 is 0 Å². The molecule has 0 amide bonds. The third kappa shape index (κ3) is 1.89. The molecule has 1 aromatic rings. The van der Waals surface area contributed by atoms with Gasteiger partial charge < -0.3 is 0 Å². The van der Waals surface area contributed by atoms with Crippen molar-refractivity contribution in [2.45, 2.75) is 13.3 Å². The van der Waals surface area contributed by atoms with Gasteiger partial charge in [-0.25, -0.2) is 8.78 Å². The first-order chi connectivity index (χ1) is 5.29. The molecule has 0 aliphatic heterocycles. The van der Waals surface area contributed by atoms with E-state index in [1.54, 1.807) is 18.2 Å². The molecule has 0 unspecified atom stereocenters. The Kier molecular flexibility index (Phi) is 3.23. The normalized spacial score (nSPS) is 10.1. The molecule has 0 N–H and O–H groups in total. The van der Waals surface area contributed by atoms with Crippen LogP contribution in [0.25, 0.3) is 0 Å². The van der Waals surface area contributed by atoms with Crippen molar-refractivity contribution in [2.75, 3.05) is 0 Å². The van der Waals surface area contributed by atoms with Crippen molar-refractivity contribution in [2.24, 2.45) is 0 Å². The summed E-state index contributed by atoms with van der Waals surface area (Å²) >= 11 is 2.00. The van der Waals surface area contributed by atoms with Gasteiger partial charge in [-0.05, 0) is 34.2 Å². The van der Waals surface area contributed by atoms with E-state index in [0.29, 0.717) is 11.1 Å².